The summed E-state index contributed by atoms with van der Waals surface area (Å²) in [5, 5.41) is 1.64. The van der Waals surface area contributed by atoms with Crippen LogP contribution in [0.3, 0.4) is 0 Å². The third-order valence-corrected chi connectivity index (χ3v) is 7.20. The van der Waals surface area contributed by atoms with Crippen LogP contribution in [0.25, 0.3) is 44.6 Å². The molecule has 0 aliphatic rings. The largest absolute Gasteiger partial charge is 0.486 e. The molecular weight excluding hydrogens is 731 g/mol. The summed E-state index contributed by atoms with van der Waals surface area (Å²) in [5.41, 5.74) is 8.02. The maximum atomic E-state index is 7.63. The van der Waals surface area contributed by atoms with Gasteiger partial charge in [-0.05, 0) is 84.3 Å². The van der Waals surface area contributed by atoms with Crippen LogP contribution in [-0.4, -0.2) is 15.0 Å². The van der Waals surface area contributed by atoms with Crippen molar-refractivity contribution in [2.45, 2.75) is 40.4 Å². The Morgan fingerprint density at radius 3 is 2.38 bits per heavy atom. The van der Waals surface area contributed by atoms with Crippen molar-refractivity contribution in [3.63, 3.8) is 0 Å². The number of aryl methyl sites for hydroxylation is 2. The molecular formula is C40H35IrN3O-2. The van der Waals surface area contributed by atoms with E-state index >= 15 is 0 Å². The molecule has 0 bridgehead atoms. The van der Waals surface area contributed by atoms with Gasteiger partial charge in [-0.25, -0.2) is 4.98 Å². The molecule has 0 aliphatic heterocycles. The number of benzene rings is 3. The Labute approximate surface area is 287 Å². The topological polar surface area (TPSA) is 51.8 Å². The number of rotatable bonds is 6. The number of aromatic nitrogens is 3. The molecule has 4 nitrogen and oxygen atoms in total. The Bertz CT molecular complexity index is 2210. The number of fused-ring (bicyclic) bond motifs is 3. The van der Waals surface area contributed by atoms with Crippen LogP contribution in [-0.2, 0) is 32.9 Å². The van der Waals surface area contributed by atoms with Gasteiger partial charge in [0.15, 0.2) is 0 Å². The van der Waals surface area contributed by atoms with Crippen LogP contribution < -0.4 is 0 Å². The van der Waals surface area contributed by atoms with Gasteiger partial charge in [0, 0.05) is 51.8 Å². The van der Waals surface area contributed by atoms with Gasteiger partial charge in [0.05, 0.1) is 5.58 Å². The summed E-state index contributed by atoms with van der Waals surface area (Å²) in [7, 11) is 0. The second kappa shape index (κ2) is 14.6. The van der Waals surface area contributed by atoms with Crippen molar-refractivity contribution in [2.24, 2.45) is 5.92 Å². The molecule has 0 saturated carbocycles. The Hall–Kier alpha value is -4.44. The zero-order valence-corrected chi connectivity index (χ0v) is 27.4. The van der Waals surface area contributed by atoms with E-state index in [2.05, 4.69) is 71.3 Å². The van der Waals surface area contributed by atoms with Gasteiger partial charge in [-0.15, -0.1) is 54.1 Å². The summed E-state index contributed by atoms with van der Waals surface area (Å²) < 4.78 is 50.6. The molecule has 0 atom stereocenters. The summed E-state index contributed by atoms with van der Waals surface area (Å²) in [6, 6.07) is 37.0. The van der Waals surface area contributed by atoms with Gasteiger partial charge >= 0.3 is 0 Å². The molecule has 0 amide bonds. The quantitative estimate of drug-likeness (QED) is 0.158. The van der Waals surface area contributed by atoms with Crippen LogP contribution in [0.1, 0.15) is 50.0 Å². The molecule has 0 saturated heterocycles. The first kappa shape index (κ1) is 24.8. The Balaban J connectivity index is 0.000000249. The first-order valence-corrected chi connectivity index (χ1v) is 14.6. The summed E-state index contributed by atoms with van der Waals surface area (Å²) in [6.45, 7) is 0.0831. The van der Waals surface area contributed by atoms with Crippen molar-refractivity contribution >= 4 is 22.1 Å². The van der Waals surface area contributed by atoms with E-state index in [0.717, 1.165) is 51.7 Å². The Kier molecular flexibility index (Phi) is 8.03. The molecule has 7 rings (SSSR count). The standard InChI is InChI=1S/C28H25N2O.C12H10N.Ir/c1-18(2)15-20-8-10-21(11-9-20)16-22-13-14-29-26(17-22)25-6-4-5-23-24-12-7-19(3)30-28(24)31-27(23)25;1-10-7-8-12(13-9-10)11-5-3-2-4-6-11;/h4-5,7-14,17-18H,15-16H2,1-3H3;2-5,7-9H,1H3;/q2*-1;/i3D3;1D3;. The minimum Gasteiger partial charge on any atom is -0.486 e. The number of nitrogens with zero attached hydrogens (tertiary/aromatic N) is 3. The van der Waals surface area contributed by atoms with Crippen LogP contribution in [0.5, 0.6) is 0 Å². The molecule has 0 N–H and O–H groups in total. The fourth-order valence-corrected chi connectivity index (χ4v) is 5.14. The molecule has 1 radical (unpaired) electrons. The maximum Gasteiger partial charge on any atom is 0.216 e. The Morgan fingerprint density at radius 2 is 1.64 bits per heavy atom. The number of furan rings is 1. The van der Waals surface area contributed by atoms with Crippen LogP contribution in [0.2, 0.25) is 0 Å². The average molecular weight is 772 g/mol. The van der Waals surface area contributed by atoms with Crippen LogP contribution in [0.15, 0.2) is 114 Å². The van der Waals surface area contributed by atoms with Gasteiger partial charge in [0.2, 0.25) is 5.71 Å². The number of pyridine rings is 3. The van der Waals surface area contributed by atoms with Gasteiger partial charge in [0.1, 0.15) is 0 Å². The zero-order chi connectivity index (χ0) is 35.5. The fraction of sp³-hybridized carbons (Fsp3) is 0.175. The van der Waals surface area contributed by atoms with Crippen molar-refractivity contribution in [3.8, 4) is 22.5 Å². The normalized spacial score (nSPS) is 13.4. The van der Waals surface area contributed by atoms with E-state index in [9.17, 15) is 0 Å². The van der Waals surface area contributed by atoms with Gasteiger partial charge in [-0.1, -0.05) is 67.3 Å². The predicted molar refractivity (Wildman–Crippen MR) is 179 cm³/mol. The SMILES string of the molecule is [2H]C([2H])([2H])c1ccc(-c2[c-]cccc2)nc1.[2H]C([2H])([2H])c1ccc2c(n1)oc1c(-c3cc(Cc4ccc(CC(C)C)cc4)ccn3)[c-]ccc12.[Ir]. The zero-order valence-electron chi connectivity index (χ0n) is 31.0. The van der Waals surface area contributed by atoms with E-state index in [1.54, 1.807) is 30.5 Å². The van der Waals surface area contributed by atoms with Gasteiger partial charge in [-0.2, -0.15) is 0 Å². The fourth-order valence-electron chi connectivity index (χ4n) is 5.14. The molecule has 0 unspecified atom stereocenters. The van der Waals surface area contributed by atoms with E-state index in [-0.39, 0.29) is 31.4 Å². The molecule has 4 heterocycles. The average Bonchev–Trinajstić information content (AvgIpc) is 3.47. The van der Waals surface area contributed by atoms with Crippen molar-refractivity contribution < 1.29 is 32.7 Å². The minimum atomic E-state index is -2.29. The van der Waals surface area contributed by atoms with Crippen LogP contribution in [0, 0.1) is 31.8 Å². The van der Waals surface area contributed by atoms with E-state index in [4.69, 9.17) is 12.6 Å². The molecule has 227 valence electrons. The molecule has 0 aliphatic carbocycles. The first-order valence-electron chi connectivity index (χ1n) is 17.6. The maximum absolute atomic E-state index is 7.63. The van der Waals surface area contributed by atoms with Gasteiger partial charge in [-0.3, -0.25) is 0 Å². The second-order valence-corrected chi connectivity index (χ2v) is 11.1. The van der Waals surface area contributed by atoms with E-state index in [1.165, 1.54) is 23.4 Å². The molecule has 5 heteroatoms. The van der Waals surface area contributed by atoms with Crippen LogP contribution in [0.4, 0.5) is 0 Å². The summed E-state index contributed by atoms with van der Waals surface area (Å²) in [5.74, 6) is 0.640. The third kappa shape index (κ3) is 7.80. The molecule has 45 heavy (non-hydrogen) atoms. The van der Waals surface area contributed by atoms with E-state index < -0.39 is 13.7 Å². The second-order valence-electron chi connectivity index (χ2n) is 11.1. The molecule has 3 aromatic carbocycles. The smallest absolute Gasteiger partial charge is 0.216 e. The Morgan fingerprint density at radius 1 is 0.778 bits per heavy atom. The van der Waals surface area contributed by atoms with E-state index in [0.29, 0.717) is 17.2 Å². The predicted octanol–water partition coefficient (Wildman–Crippen LogP) is 9.80. The van der Waals surface area contributed by atoms with E-state index in [1.807, 2.05) is 36.4 Å². The summed E-state index contributed by atoms with van der Waals surface area (Å²) in [6.07, 6.45) is 5.08. The van der Waals surface area contributed by atoms with Crippen LogP contribution >= 0.6 is 0 Å². The van der Waals surface area contributed by atoms with Crippen molar-refractivity contribution in [3.05, 3.63) is 150 Å². The molecule has 4 aromatic heterocycles. The van der Waals surface area contributed by atoms with Crippen molar-refractivity contribution in [1.29, 1.82) is 0 Å². The number of hydrogen-bond donors (Lipinski definition) is 0. The van der Waals surface area contributed by atoms with Crippen molar-refractivity contribution in [2.75, 3.05) is 0 Å². The number of hydrogen-bond acceptors (Lipinski definition) is 4. The monoisotopic (exact) mass is 772 g/mol. The van der Waals surface area contributed by atoms with Gasteiger partial charge in [0.25, 0.3) is 0 Å². The summed E-state index contributed by atoms with van der Waals surface area (Å²) in [4.78, 5) is 13.0. The molecule has 0 spiro atoms. The first-order chi connectivity index (χ1) is 23.8. The molecule has 7 aromatic rings. The van der Waals surface area contributed by atoms with Crippen molar-refractivity contribution in [1.82, 2.24) is 15.0 Å². The molecule has 0 fully saturated rings. The summed E-state index contributed by atoms with van der Waals surface area (Å²) >= 11 is 0. The third-order valence-electron chi connectivity index (χ3n) is 7.20. The minimum absolute atomic E-state index is 0. The van der Waals surface area contributed by atoms with Gasteiger partial charge < -0.3 is 14.4 Å².